The average molecular weight is 431 g/mol. The molecule has 0 unspecified atom stereocenters. The number of hydrogen-bond acceptors (Lipinski definition) is 4. The van der Waals surface area contributed by atoms with E-state index in [4.69, 9.17) is 4.74 Å². The van der Waals surface area contributed by atoms with Gasteiger partial charge in [-0.05, 0) is 61.7 Å². The molecule has 2 aromatic carbocycles. The maximum Gasteiger partial charge on any atom is 0.261 e. The van der Waals surface area contributed by atoms with Crippen molar-refractivity contribution in [2.75, 3.05) is 11.8 Å². The van der Waals surface area contributed by atoms with Crippen LogP contribution in [0.4, 0.5) is 5.69 Å². The highest BCUT2D eigenvalue weighted by atomic mass is 32.2. The number of ether oxygens (including phenoxy) is 1. The minimum Gasteiger partial charge on any atom is -0.497 e. The molecule has 1 amide bonds. The molecule has 0 bridgehead atoms. The van der Waals surface area contributed by atoms with E-state index in [1.54, 1.807) is 30.3 Å². The van der Waals surface area contributed by atoms with Gasteiger partial charge in [-0.15, -0.1) is 0 Å². The van der Waals surface area contributed by atoms with Gasteiger partial charge in [-0.2, -0.15) is 0 Å². The first kappa shape index (κ1) is 22.2. The number of nitrogens with one attached hydrogen (secondary N) is 2. The molecule has 1 fully saturated rings. The Morgan fingerprint density at radius 3 is 2.23 bits per heavy atom. The number of rotatable bonds is 6. The van der Waals surface area contributed by atoms with Crippen molar-refractivity contribution in [3.63, 3.8) is 0 Å². The van der Waals surface area contributed by atoms with E-state index in [0.29, 0.717) is 17.0 Å². The first-order valence-corrected chi connectivity index (χ1v) is 12.0. The molecule has 6 nitrogen and oxygen atoms in total. The van der Waals surface area contributed by atoms with Crippen molar-refractivity contribution >= 4 is 21.6 Å². The molecule has 3 rings (SSSR count). The van der Waals surface area contributed by atoms with Gasteiger partial charge in [0.1, 0.15) is 5.75 Å². The molecule has 1 aliphatic carbocycles. The van der Waals surface area contributed by atoms with E-state index < -0.39 is 10.0 Å². The van der Waals surface area contributed by atoms with Crippen LogP contribution < -0.4 is 14.8 Å². The van der Waals surface area contributed by atoms with E-state index in [-0.39, 0.29) is 16.8 Å². The molecule has 2 aromatic rings. The number of carbonyl (C=O) groups is 1. The maximum atomic E-state index is 12.8. The number of amides is 1. The van der Waals surface area contributed by atoms with E-state index in [1.807, 2.05) is 6.92 Å². The molecule has 0 heterocycles. The van der Waals surface area contributed by atoms with E-state index in [0.717, 1.165) is 31.2 Å². The van der Waals surface area contributed by atoms with Gasteiger partial charge in [0.05, 0.1) is 17.7 Å². The summed E-state index contributed by atoms with van der Waals surface area (Å²) in [4.78, 5) is 12.9. The summed E-state index contributed by atoms with van der Waals surface area (Å²) in [5.41, 5.74) is 1.60. The number of hydrogen-bond donors (Lipinski definition) is 2. The fraction of sp³-hybridized carbons (Fsp3) is 0.435. The largest absolute Gasteiger partial charge is 0.497 e. The Kier molecular flexibility index (Phi) is 7.37. The van der Waals surface area contributed by atoms with Crippen LogP contribution in [-0.4, -0.2) is 27.5 Å². The monoisotopic (exact) mass is 430 g/mol. The molecule has 0 aliphatic heterocycles. The van der Waals surface area contributed by atoms with Gasteiger partial charge < -0.3 is 10.1 Å². The van der Waals surface area contributed by atoms with Crippen molar-refractivity contribution in [1.29, 1.82) is 0 Å². The smallest absolute Gasteiger partial charge is 0.261 e. The summed E-state index contributed by atoms with van der Waals surface area (Å²) in [6.07, 6.45) is 7.96. The Balaban J connectivity index is 1.74. The molecule has 0 aromatic heterocycles. The first-order chi connectivity index (χ1) is 14.4. The summed E-state index contributed by atoms with van der Waals surface area (Å²) in [6, 6.07) is 11.5. The van der Waals surface area contributed by atoms with Crippen LogP contribution in [0.15, 0.2) is 47.4 Å². The third-order valence-electron chi connectivity index (χ3n) is 5.55. The molecule has 162 valence electrons. The van der Waals surface area contributed by atoms with Crippen LogP contribution in [0.25, 0.3) is 0 Å². The lowest BCUT2D eigenvalue weighted by atomic mass is 9.96. The van der Waals surface area contributed by atoms with Crippen LogP contribution in [0.2, 0.25) is 0 Å². The SMILES string of the molecule is COc1ccc(S(=O)(=O)Nc2cc(C(=O)NC3CCCCCCC3)ccc2C)cc1. The standard InChI is InChI=1S/C23H30N2O4S/c1-17-10-11-18(23(26)24-19-8-6-4-3-5-7-9-19)16-22(17)25-30(27,28)21-14-12-20(29-2)13-15-21/h10-16,19,25H,3-9H2,1-2H3,(H,24,26). The summed E-state index contributed by atoms with van der Waals surface area (Å²) >= 11 is 0. The summed E-state index contributed by atoms with van der Waals surface area (Å²) in [6.45, 7) is 1.81. The summed E-state index contributed by atoms with van der Waals surface area (Å²) in [7, 11) is -2.25. The van der Waals surface area contributed by atoms with Crippen molar-refractivity contribution in [3.8, 4) is 5.75 Å². The second-order valence-electron chi connectivity index (χ2n) is 7.83. The molecule has 1 aliphatic rings. The number of methoxy groups -OCH3 is 1. The van der Waals surface area contributed by atoms with Gasteiger partial charge >= 0.3 is 0 Å². The van der Waals surface area contributed by atoms with Crippen LogP contribution in [0, 0.1) is 6.92 Å². The zero-order chi connectivity index (χ0) is 21.6. The Labute approximate surface area is 179 Å². The van der Waals surface area contributed by atoms with Crippen LogP contribution >= 0.6 is 0 Å². The van der Waals surface area contributed by atoms with E-state index in [1.165, 1.54) is 38.5 Å². The minimum absolute atomic E-state index is 0.132. The average Bonchev–Trinajstić information content (AvgIpc) is 2.71. The highest BCUT2D eigenvalue weighted by molar-refractivity contribution is 7.92. The molecule has 0 saturated heterocycles. The molecular weight excluding hydrogens is 400 g/mol. The van der Waals surface area contributed by atoms with Gasteiger partial charge in [0.25, 0.3) is 15.9 Å². The second kappa shape index (κ2) is 9.98. The Hall–Kier alpha value is -2.54. The predicted octanol–water partition coefficient (Wildman–Crippen LogP) is 4.65. The predicted molar refractivity (Wildman–Crippen MR) is 119 cm³/mol. The molecule has 7 heteroatoms. The molecule has 1 saturated carbocycles. The third kappa shape index (κ3) is 5.75. The number of aryl methyl sites for hydroxylation is 1. The number of carbonyl (C=O) groups excluding carboxylic acids is 1. The molecular formula is C23H30N2O4S. The molecule has 30 heavy (non-hydrogen) atoms. The Morgan fingerprint density at radius 1 is 0.967 bits per heavy atom. The van der Waals surface area contributed by atoms with Gasteiger partial charge in [0.2, 0.25) is 0 Å². The molecule has 0 spiro atoms. The van der Waals surface area contributed by atoms with E-state index in [2.05, 4.69) is 10.0 Å². The summed E-state index contributed by atoms with van der Waals surface area (Å²) < 4.78 is 33.2. The third-order valence-corrected chi connectivity index (χ3v) is 6.94. The van der Waals surface area contributed by atoms with Crippen molar-refractivity contribution < 1.29 is 17.9 Å². The lowest BCUT2D eigenvalue weighted by Crippen LogP contribution is -2.35. The van der Waals surface area contributed by atoms with Crippen LogP contribution in [0.5, 0.6) is 5.75 Å². The molecule has 2 N–H and O–H groups in total. The second-order valence-corrected chi connectivity index (χ2v) is 9.51. The van der Waals surface area contributed by atoms with Crippen LogP contribution in [0.1, 0.15) is 60.9 Å². The van der Waals surface area contributed by atoms with Crippen molar-refractivity contribution in [2.24, 2.45) is 0 Å². The lowest BCUT2D eigenvalue weighted by Gasteiger charge is -2.21. The van der Waals surface area contributed by atoms with Gasteiger partial charge in [0, 0.05) is 11.6 Å². The molecule has 0 radical (unpaired) electrons. The summed E-state index contributed by atoms with van der Waals surface area (Å²) in [5.74, 6) is 0.420. The highest BCUT2D eigenvalue weighted by Gasteiger charge is 2.19. The normalized spacial score (nSPS) is 15.7. The number of benzene rings is 2. The van der Waals surface area contributed by atoms with E-state index in [9.17, 15) is 13.2 Å². The minimum atomic E-state index is -3.78. The lowest BCUT2D eigenvalue weighted by molar-refractivity contribution is 0.0930. The Bertz CT molecular complexity index is 963. The van der Waals surface area contributed by atoms with E-state index >= 15 is 0 Å². The van der Waals surface area contributed by atoms with Gasteiger partial charge in [-0.25, -0.2) is 8.42 Å². The van der Waals surface area contributed by atoms with Crippen molar-refractivity contribution in [3.05, 3.63) is 53.6 Å². The first-order valence-electron chi connectivity index (χ1n) is 10.5. The van der Waals surface area contributed by atoms with Gasteiger partial charge in [0.15, 0.2) is 0 Å². The van der Waals surface area contributed by atoms with Gasteiger partial charge in [-0.3, -0.25) is 9.52 Å². The number of anilines is 1. The fourth-order valence-electron chi connectivity index (χ4n) is 3.70. The van der Waals surface area contributed by atoms with Crippen LogP contribution in [-0.2, 0) is 10.0 Å². The fourth-order valence-corrected chi connectivity index (χ4v) is 4.82. The maximum absolute atomic E-state index is 12.8. The quantitative estimate of drug-likeness (QED) is 0.699. The Morgan fingerprint density at radius 2 is 1.60 bits per heavy atom. The van der Waals surface area contributed by atoms with Crippen molar-refractivity contribution in [1.82, 2.24) is 5.32 Å². The summed E-state index contributed by atoms with van der Waals surface area (Å²) in [5, 5.41) is 3.13. The van der Waals surface area contributed by atoms with Gasteiger partial charge in [-0.1, -0.05) is 38.2 Å². The van der Waals surface area contributed by atoms with Crippen molar-refractivity contribution in [2.45, 2.75) is 62.8 Å². The number of sulfonamides is 1. The zero-order valence-electron chi connectivity index (χ0n) is 17.6. The molecule has 0 atom stereocenters. The zero-order valence-corrected chi connectivity index (χ0v) is 18.4. The van der Waals surface area contributed by atoms with Crippen LogP contribution in [0.3, 0.4) is 0 Å². The topological polar surface area (TPSA) is 84.5 Å². The highest BCUT2D eigenvalue weighted by Crippen LogP contribution is 2.23.